The summed E-state index contributed by atoms with van der Waals surface area (Å²) in [5, 5.41) is 5.23. The Morgan fingerprint density at radius 1 is 0.833 bits per heavy atom. The van der Waals surface area contributed by atoms with Gasteiger partial charge in [0.05, 0.1) is 0 Å². The standard InChI is InChI=1S/C29H20O/c1-17-4-2-7-26-27(17)24-16-21(12-15-25(24)30-26)22-13-10-20-9-8-18-5-3-6-19-11-14-23(22)29(20)28(18)19/h2-5,7-13,15-16H,6,14H2,1H3. The maximum Gasteiger partial charge on any atom is 0.135 e. The normalized spacial score (nSPS) is 14.6. The zero-order valence-electron chi connectivity index (χ0n) is 16.8. The average molecular weight is 384 g/mol. The summed E-state index contributed by atoms with van der Waals surface area (Å²) in [5.41, 5.74) is 11.5. The van der Waals surface area contributed by atoms with Crippen LogP contribution < -0.4 is 0 Å². The predicted octanol–water partition coefficient (Wildman–Crippen LogP) is 8.07. The van der Waals surface area contributed by atoms with E-state index in [-0.39, 0.29) is 0 Å². The summed E-state index contributed by atoms with van der Waals surface area (Å²) in [6.07, 6.45) is 9.04. The Bertz CT molecular complexity index is 1590. The molecule has 0 radical (unpaired) electrons. The van der Waals surface area contributed by atoms with Crippen LogP contribution in [-0.4, -0.2) is 0 Å². The highest BCUT2D eigenvalue weighted by Crippen LogP contribution is 2.44. The van der Waals surface area contributed by atoms with E-state index in [1.165, 1.54) is 60.5 Å². The molecular formula is C29H20O. The van der Waals surface area contributed by atoms with Crippen LogP contribution in [0.5, 0.6) is 0 Å². The van der Waals surface area contributed by atoms with Crippen molar-refractivity contribution in [1.29, 1.82) is 0 Å². The highest BCUT2D eigenvalue weighted by atomic mass is 16.3. The molecule has 4 aromatic carbocycles. The largest absolute Gasteiger partial charge is 0.456 e. The lowest BCUT2D eigenvalue weighted by molar-refractivity contribution is 0.669. The van der Waals surface area contributed by atoms with E-state index in [1.54, 1.807) is 0 Å². The van der Waals surface area contributed by atoms with Crippen LogP contribution in [-0.2, 0) is 6.42 Å². The first-order valence-corrected chi connectivity index (χ1v) is 10.6. The van der Waals surface area contributed by atoms with Gasteiger partial charge in [-0.15, -0.1) is 0 Å². The number of hydrogen-bond donors (Lipinski definition) is 0. The SMILES string of the molecule is Cc1cccc2oc3ccc(-c4ccc5ccc6c7c5c4CC=C7CC=C6)cc3c12. The zero-order valence-corrected chi connectivity index (χ0v) is 16.8. The van der Waals surface area contributed by atoms with E-state index in [9.17, 15) is 0 Å². The lowest BCUT2D eigenvalue weighted by Crippen LogP contribution is -2.04. The van der Waals surface area contributed by atoms with Gasteiger partial charge in [0, 0.05) is 10.8 Å². The fraction of sp³-hybridized carbons (Fsp3) is 0.103. The molecule has 0 unspecified atom stereocenters. The van der Waals surface area contributed by atoms with Crippen molar-refractivity contribution in [2.75, 3.05) is 0 Å². The molecule has 0 amide bonds. The van der Waals surface area contributed by atoms with Gasteiger partial charge in [-0.2, -0.15) is 0 Å². The van der Waals surface area contributed by atoms with Gasteiger partial charge < -0.3 is 4.42 Å². The first kappa shape index (κ1) is 16.2. The Kier molecular flexibility index (Phi) is 3.10. The fourth-order valence-electron chi connectivity index (χ4n) is 5.47. The maximum absolute atomic E-state index is 6.12. The molecule has 0 N–H and O–H groups in total. The summed E-state index contributed by atoms with van der Waals surface area (Å²) in [4.78, 5) is 0. The first-order chi connectivity index (χ1) is 14.8. The molecule has 0 aliphatic heterocycles. The fourth-order valence-corrected chi connectivity index (χ4v) is 5.47. The van der Waals surface area contributed by atoms with Crippen LogP contribution in [0.15, 0.2) is 77.2 Å². The van der Waals surface area contributed by atoms with Gasteiger partial charge in [0.2, 0.25) is 0 Å². The third-order valence-electron chi connectivity index (χ3n) is 6.85. The molecule has 0 fully saturated rings. The number of furan rings is 1. The molecule has 1 nitrogen and oxygen atoms in total. The molecule has 1 heterocycles. The lowest BCUT2D eigenvalue weighted by Gasteiger charge is -2.25. The molecule has 0 saturated carbocycles. The average Bonchev–Trinajstić information content (AvgIpc) is 3.16. The molecule has 0 bridgehead atoms. The van der Waals surface area contributed by atoms with Crippen LogP contribution in [0.3, 0.4) is 0 Å². The van der Waals surface area contributed by atoms with Crippen LogP contribution in [0, 0.1) is 6.92 Å². The van der Waals surface area contributed by atoms with Crippen molar-refractivity contribution in [1.82, 2.24) is 0 Å². The molecular weight excluding hydrogens is 364 g/mol. The summed E-state index contributed by atoms with van der Waals surface area (Å²) in [6.45, 7) is 2.16. The quantitative estimate of drug-likeness (QED) is 0.285. The Morgan fingerprint density at radius 2 is 1.77 bits per heavy atom. The second-order valence-corrected chi connectivity index (χ2v) is 8.52. The summed E-state index contributed by atoms with van der Waals surface area (Å²) in [7, 11) is 0. The van der Waals surface area contributed by atoms with Crippen molar-refractivity contribution in [3.63, 3.8) is 0 Å². The van der Waals surface area contributed by atoms with Crippen LogP contribution in [0.25, 0.3) is 55.5 Å². The Balaban J connectivity index is 1.54. The van der Waals surface area contributed by atoms with Gasteiger partial charge in [-0.3, -0.25) is 0 Å². The van der Waals surface area contributed by atoms with Crippen LogP contribution in [0.2, 0.25) is 0 Å². The van der Waals surface area contributed by atoms with Crippen molar-refractivity contribution >= 4 is 44.4 Å². The van der Waals surface area contributed by atoms with E-state index in [0.29, 0.717) is 0 Å². The molecule has 1 heteroatoms. The maximum atomic E-state index is 6.12. The van der Waals surface area contributed by atoms with Crippen molar-refractivity contribution in [3.05, 3.63) is 95.1 Å². The summed E-state index contributed by atoms with van der Waals surface area (Å²) < 4.78 is 6.12. The Hall–Kier alpha value is -3.58. The topological polar surface area (TPSA) is 13.1 Å². The van der Waals surface area contributed by atoms with E-state index >= 15 is 0 Å². The molecule has 7 rings (SSSR count). The number of aryl methyl sites for hydroxylation is 1. The first-order valence-electron chi connectivity index (χ1n) is 10.6. The molecule has 142 valence electrons. The second kappa shape index (κ2) is 5.73. The highest BCUT2D eigenvalue weighted by Gasteiger charge is 2.22. The molecule has 0 spiro atoms. The Labute approximate surface area is 174 Å². The zero-order chi connectivity index (χ0) is 19.8. The van der Waals surface area contributed by atoms with E-state index in [2.05, 4.69) is 85.8 Å². The minimum absolute atomic E-state index is 0.960. The number of benzene rings is 4. The third-order valence-corrected chi connectivity index (χ3v) is 6.85. The predicted molar refractivity (Wildman–Crippen MR) is 127 cm³/mol. The van der Waals surface area contributed by atoms with Gasteiger partial charge in [-0.05, 0) is 87.7 Å². The smallest absolute Gasteiger partial charge is 0.135 e. The monoisotopic (exact) mass is 384 g/mol. The second-order valence-electron chi connectivity index (χ2n) is 8.52. The Morgan fingerprint density at radius 3 is 2.73 bits per heavy atom. The van der Waals surface area contributed by atoms with E-state index in [0.717, 1.165) is 24.0 Å². The third kappa shape index (κ3) is 2.07. The summed E-state index contributed by atoms with van der Waals surface area (Å²) in [6, 6.07) is 22.1. The number of fused-ring (bicyclic) bond motifs is 3. The molecule has 0 saturated heterocycles. The van der Waals surface area contributed by atoms with Gasteiger partial charge in [0.1, 0.15) is 11.2 Å². The highest BCUT2D eigenvalue weighted by molar-refractivity contribution is 6.09. The van der Waals surface area contributed by atoms with Crippen molar-refractivity contribution < 1.29 is 4.42 Å². The van der Waals surface area contributed by atoms with Gasteiger partial charge >= 0.3 is 0 Å². The molecule has 2 aliphatic rings. The van der Waals surface area contributed by atoms with Crippen LogP contribution in [0.1, 0.15) is 28.7 Å². The lowest BCUT2D eigenvalue weighted by atomic mass is 9.79. The minimum Gasteiger partial charge on any atom is -0.456 e. The molecule has 2 aliphatic carbocycles. The van der Waals surface area contributed by atoms with Gasteiger partial charge in [0.15, 0.2) is 0 Å². The van der Waals surface area contributed by atoms with Gasteiger partial charge in [-0.25, -0.2) is 0 Å². The molecule has 5 aromatic rings. The molecule has 30 heavy (non-hydrogen) atoms. The van der Waals surface area contributed by atoms with E-state index in [1.807, 2.05) is 0 Å². The molecule has 0 atom stereocenters. The number of hydrogen-bond acceptors (Lipinski definition) is 1. The van der Waals surface area contributed by atoms with Crippen molar-refractivity contribution in [2.24, 2.45) is 0 Å². The van der Waals surface area contributed by atoms with Crippen LogP contribution in [0.4, 0.5) is 0 Å². The molecule has 1 aromatic heterocycles. The van der Waals surface area contributed by atoms with Crippen LogP contribution >= 0.6 is 0 Å². The van der Waals surface area contributed by atoms with E-state index < -0.39 is 0 Å². The van der Waals surface area contributed by atoms with Crippen molar-refractivity contribution in [3.8, 4) is 11.1 Å². The summed E-state index contributed by atoms with van der Waals surface area (Å²) in [5.74, 6) is 0. The summed E-state index contributed by atoms with van der Waals surface area (Å²) >= 11 is 0. The van der Waals surface area contributed by atoms with E-state index in [4.69, 9.17) is 4.42 Å². The van der Waals surface area contributed by atoms with Crippen molar-refractivity contribution in [2.45, 2.75) is 19.8 Å². The number of allylic oxidation sites excluding steroid dienone is 3. The minimum atomic E-state index is 0.960. The van der Waals surface area contributed by atoms with Gasteiger partial charge in [-0.1, -0.05) is 60.7 Å². The number of rotatable bonds is 1. The van der Waals surface area contributed by atoms with Gasteiger partial charge in [0.25, 0.3) is 0 Å².